The number of amides is 2. The Hall–Kier alpha value is -4.17. The van der Waals surface area contributed by atoms with Gasteiger partial charge in [-0.05, 0) is 54.3 Å². The van der Waals surface area contributed by atoms with Gasteiger partial charge in [0, 0.05) is 37.2 Å². The van der Waals surface area contributed by atoms with Crippen molar-refractivity contribution in [3.63, 3.8) is 0 Å². The Balaban J connectivity index is 1.37. The first-order chi connectivity index (χ1) is 21.3. The monoisotopic (exact) mass is 641 g/mol. The fraction of sp³-hybridized carbons (Fsp3) is 0.355. The largest absolute Gasteiger partial charge is 0.428 e. The molecule has 2 N–H and O–H groups in total. The number of hydrogen-bond acceptors (Lipinski definition) is 5. The summed E-state index contributed by atoms with van der Waals surface area (Å²) in [6.45, 7) is -1.48. The van der Waals surface area contributed by atoms with Crippen LogP contribution in [0.25, 0.3) is 0 Å². The Kier molecular flexibility index (Phi) is 11.0. The fourth-order valence-corrected chi connectivity index (χ4v) is 4.92. The molecule has 1 fully saturated rings. The molecule has 7 nitrogen and oxygen atoms in total. The highest BCUT2D eigenvalue weighted by Crippen LogP contribution is 2.32. The van der Waals surface area contributed by atoms with Gasteiger partial charge >= 0.3 is 12.3 Å². The quantitative estimate of drug-likeness (QED) is 0.255. The predicted molar refractivity (Wildman–Crippen MR) is 149 cm³/mol. The lowest BCUT2D eigenvalue weighted by molar-refractivity contribution is -0.143. The van der Waals surface area contributed by atoms with E-state index in [1.54, 1.807) is 0 Å². The van der Waals surface area contributed by atoms with Gasteiger partial charge in [0.1, 0.15) is 18.2 Å². The van der Waals surface area contributed by atoms with Gasteiger partial charge in [0.15, 0.2) is 17.9 Å². The van der Waals surface area contributed by atoms with Crippen molar-refractivity contribution in [1.82, 2.24) is 10.2 Å². The van der Waals surface area contributed by atoms with Crippen LogP contribution >= 0.6 is 0 Å². The van der Waals surface area contributed by atoms with Crippen LogP contribution in [-0.2, 0) is 20.7 Å². The highest BCUT2D eigenvalue weighted by atomic mass is 19.4. The molecule has 14 heteroatoms. The van der Waals surface area contributed by atoms with Crippen molar-refractivity contribution in [1.29, 1.82) is 0 Å². The van der Waals surface area contributed by atoms with Gasteiger partial charge in [-0.1, -0.05) is 30.3 Å². The molecule has 3 aromatic rings. The zero-order valence-electron chi connectivity index (χ0n) is 24.0. The number of carbonyl (C=O) groups is 2. The van der Waals surface area contributed by atoms with Crippen molar-refractivity contribution in [2.45, 2.75) is 43.7 Å². The van der Waals surface area contributed by atoms with Crippen molar-refractivity contribution in [3.05, 3.63) is 101 Å². The average molecular weight is 642 g/mol. The Morgan fingerprint density at radius 1 is 1.02 bits per heavy atom. The number of anilines is 1. The number of halogens is 7. The van der Waals surface area contributed by atoms with Crippen LogP contribution in [0.2, 0.25) is 0 Å². The fourth-order valence-electron chi connectivity index (χ4n) is 4.92. The number of carbonyl (C=O) groups excluding carboxylic acids is 2. The van der Waals surface area contributed by atoms with E-state index in [-0.39, 0.29) is 49.2 Å². The minimum absolute atomic E-state index is 0.103. The van der Waals surface area contributed by atoms with Crippen LogP contribution < -0.4 is 10.6 Å². The van der Waals surface area contributed by atoms with Gasteiger partial charge in [0.05, 0.1) is 12.7 Å². The molecule has 0 bridgehead atoms. The molecule has 4 rings (SSSR count). The third-order valence-electron chi connectivity index (χ3n) is 7.16. The molecule has 1 aliphatic rings. The van der Waals surface area contributed by atoms with Crippen LogP contribution in [0.3, 0.4) is 0 Å². The van der Waals surface area contributed by atoms with Crippen LogP contribution in [0.15, 0.2) is 60.7 Å². The highest BCUT2D eigenvalue weighted by molar-refractivity contribution is 5.92. The second-order valence-corrected chi connectivity index (χ2v) is 10.5. The molecule has 0 spiro atoms. The van der Waals surface area contributed by atoms with E-state index in [0.29, 0.717) is 10.5 Å². The Morgan fingerprint density at radius 2 is 1.71 bits per heavy atom. The van der Waals surface area contributed by atoms with Crippen LogP contribution in [-0.4, -0.2) is 62.2 Å². The van der Waals surface area contributed by atoms with Crippen molar-refractivity contribution in [2.24, 2.45) is 0 Å². The Bertz CT molecular complexity index is 1480. The summed E-state index contributed by atoms with van der Waals surface area (Å²) >= 11 is 0. The summed E-state index contributed by atoms with van der Waals surface area (Å²) in [6.07, 6.45) is -7.22. The lowest BCUT2D eigenvalue weighted by Gasteiger charge is -2.31. The molecule has 242 valence electrons. The molecule has 1 aliphatic heterocycles. The number of rotatable bonds is 10. The first-order valence-electron chi connectivity index (χ1n) is 13.9. The lowest BCUT2D eigenvalue weighted by Crippen LogP contribution is -2.50. The van der Waals surface area contributed by atoms with Crippen molar-refractivity contribution in [2.75, 3.05) is 32.1 Å². The maximum Gasteiger partial charge on any atom is 0.411 e. The number of nitrogens with zero attached hydrogens (tertiary/aromatic N) is 1. The minimum atomic E-state index is -4.58. The number of nitrogens with one attached hydrogen (secondary N) is 2. The number of morpholine rings is 1. The normalized spacial score (nSPS) is 17.4. The predicted octanol–water partition coefficient (Wildman–Crippen LogP) is 6.28. The van der Waals surface area contributed by atoms with Crippen LogP contribution in [0.1, 0.15) is 35.4 Å². The minimum Gasteiger partial charge on any atom is -0.428 e. The molecule has 3 atom stereocenters. The smallest absolute Gasteiger partial charge is 0.411 e. The van der Waals surface area contributed by atoms with Gasteiger partial charge in [-0.25, -0.2) is 22.4 Å². The van der Waals surface area contributed by atoms with E-state index in [0.717, 1.165) is 25.2 Å². The van der Waals surface area contributed by atoms with Crippen molar-refractivity contribution in [3.8, 4) is 0 Å². The third kappa shape index (κ3) is 9.41. The first-order valence-corrected chi connectivity index (χ1v) is 13.9. The van der Waals surface area contributed by atoms with Gasteiger partial charge < -0.3 is 19.7 Å². The van der Waals surface area contributed by atoms with Crippen molar-refractivity contribution >= 4 is 17.7 Å². The summed E-state index contributed by atoms with van der Waals surface area (Å²) in [5, 5.41) is 5.50. The van der Waals surface area contributed by atoms with Crippen LogP contribution in [0, 0.1) is 23.3 Å². The van der Waals surface area contributed by atoms with E-state index in [4.69, 9.17) is 9.47 Å². The number of benzene rings is 3. The lowest BCUT2D eigenvalue weighted by atomic mass is 9.87. The van der Waals surface area contributed by atoms with E-state index >= 15 is 0 Å². The molecule has 2 amide bonds. The summed E-state index contributed by atoms with van der Waals surface area (Å²) in [5.74, 6) is -5.01. The molecule has 0 saturated carbocycles. The molecule has 0 unspecified atom stereocenters. The molecule has 1 heterocycles. The van der Waals surface area contributed by atoms with Gasteiger partial charge in [-0.3, -0.25) is 10.1 Å². The molecular formula is C31H30F7N3O4. The SMILES string of the molecule is CN(CC(F)(F)F)C(=O)O[C@H]1CO[C@H](CCc2c(F)cccc2NC(=O)C[C@@H](c2ccc(F)cc2)c2cccc(F)c2F)CN1. The molecule has 0 aliphatic carbocycles. The zero-order chi connectivity index (χ0) is 32.7. The molecule has 0 radical (unpaired) electrons. The van der Waals surface area contributed by atoms with Gasteiger partial charge in [-0.2, -0.15) is 13.2 Å². The molecule has 45 heavy (non-hydrogen) atoms. The maximum absolute atomic E-state index is 14.9. The standard InChI is InChI=1S/C31H30F7N3O4/c1-41(17-31(36,37)38)30(43)45-28-16-44-20(15-39-28)12-13-22-24(33)5-3-7-26(22)40-27(42)14-23(18-8-10-19(32)11-9-18)21-4-2-6-25(34)29(21)35/h2-11,20,23,28,39H,12-17H2,1H3,(H,40,42)/t20-,23+,28+/m1/s1. The molecule has 1 saturated heterocycles. The maximum atomic E-state index is 14.9. The summed E-state index contributed by atoms with van der Waals surface area (Å²) in [4.78, 5) is 25.5. The topological polar surface area (TPSA) is 79.9 Å². The van der Waals surface area contributed by atoms with Gasteiger partial charge in [-0.15, -0.1) is 0 Å². The van der Waals surface area contributed by atoms with E-state index in [9.17, 15) is 40.3 Å². The van der Waals surface area contributed by atoms with E-state index in [2.05, 4.69) is 10.6 Å². The first kappa shape index (κ1) is 33.7. The molecule has 3 aromatic carbocycles. The third-order valence-corrected chi connectivity index (χ3v) is 7.16. The van der Waals surface area contributed by atoms with Crippen LogP contribution in [0.5, 0.6) is 0 Å². The highest BCUT2D eigenvalue weighted by Gasteiger charge is 2.33. The number of alkyl halides is 3. The average Bonchev–Trinajstić information content (AvgIpc) is 2.97. The van der Waals surface area contributed by atoms with E-state index < -0.39 is 66.2 Å². The summed E-state index contributed by atoms with van der Waals surface area (Å²) < 4.78 is 105. The Labute approximate surface area is 254 Å². The second kappa shape index (κ2) is 14.7. The summed E-state index contributed by atoms with van der Waals surface area (Å²) in [6, 6.07) is 12.7. The van der Waals surface area contributed by atoms with Gasteiger partial charge in [0.25, 0.3) is 0 Å². The van der Waals surface area contributed by atoms with Crippen LogP contribution in [0.4, 0.5) is 41.2 Å². The molecule has 0 aromatic heterocycles. The second-order valence-electron chi connectivity index (χ2n) is 10.5. The van der Waals surface area contributed by atoms with E-state index in [1.807, 2.05) is 0 Å². The van der Waals surface area contributed by atoms with Gasteiger partial charge in [0.2, 0.25) is 5.91 Å². The van der Waals surface area contributed by atoms with E-state index in [1.165, 1.54) is 42.5 Å². The number of hydrogen-bond donors (Lipinski definition) is 2. The number of ether oxygens (including phenoxy) is 2. The summed E-state index contributed by atoms with van der Waals surface area (Å²) in [7, 11) is 0.954. The van der Waals surface area contributed by atoms with Crippen molar-refractivity contribution < 1.29 is 49.8 Å². The zero-order valence-corrected chi connectivity index (χ0v) is 24.0. The Morgan fingerprint density at radius 3 is 2.38 bits per heavy atom. The molecular weight excluding hydrogens is 611 g/mol. The summed E-state index contributed by atoms with van der Waals surface area (Å²) in [5.41, 5.74) is 0.579.